The molecule has 57 heavy (non-hydrogen) atoms. The second-order valence-corrected chi connectivity index (χ2v) is 15.5. The van der Waals surface area contributed by atoms with Gasteiger partial charge < -0.3 is 62.5 Å². The number of nitrogens with zero attached hydrogens (tertiary/aromatic N) is 1. The first-order valence-corrected chi connectivity index (χ1v) is 19.4. The van der Waals surface area contributed by atoms with Crippen molar-refractivity contribution in [2.45, 2.75) is 167 Å². The molecule has 0 bridgehead atoms. The van der Waals surface area contributed by atoms with E-state index in [9.17, 15) is 34.2 Å². The number of carbonyl (C=O) groups is 5. The van der Waals surface area contributed by atoms with Crippen molar-refractivity contribution in [1.29, 1.82) is 0 Å². The monoisotopic (exact) mass is 821 g/mol. The second-order valence-electron chi connectivity index (χ2n) is 15.5. The minimum Gasteiger partial charge on any atom is -0.481 e. The maximum absolute atomic E-state index is 12.8. The molecular formula is C39H67NO17. The van der Waals surface area contributed by atoms with Crippen molar-refractivity contribution in [2.75, 3.05) is 35.4 Å². The topological polar surface area (TPSA) is 221 Å². The zero-order valence-corrected chi connectivity index (χ0v) is 35.7. The van der Waals surface area contributed by atoms with Gasteiger partial charge in [-0.15, -0.1) is 0 Å². The van der Waals surface area contributed by atoms with Gasteiger partial charge >= 0.3 is 23.9 Å². The number of likely N-dealkylation sites (N-methyl/N-ethyl adjacent to an activating group) is 1. The van der Waals surface area contributed by atoms with Gasteiger partial charge in [0.25, 0.3) is 0 Å². The van der Waals surface area contributed by atoms with Crippen molar-refractivity contribution in [3.05, 3.63) is 0 Å². The zero-order chi connectivity index (χ0) is 43.4. The van der Waals surface area contributed by atoms with E-state index in [0.29, 0.717) is 6.29 Å². The lowest BCUT2D eigenvalue weighted by atomic mass is 9.81. The van der Waals surface area contributed by atoms with Gasteiger partial charge in [-0.1, -0.05) is 20.8 Å². The Balaban J connectivity index is 2.68. The number of esters is 3. The fraction of sp³-hybridized carbons (Fsp3) is 0.872. The number of hydrogen-bond acceptors (Lipinski definition) is 17. The minimum atomic E-state index is -1.62. The SMILES string of the molecule is CCC(=O)OC1(C)C[C@H](O[C@H]2C(C)O[C@@H](O[C@@H]([C@@H](CC(OC)OC)C[C@@H](C)[C@H](C=O)OC(C)=O)[C@@H](OC)[C@H](O)CC(=O)O)C(OC(C)=O)C2N(C)C)OC(C)[C@@H]1C. The van der Waals surface area contributed by atoms with Crippen LogP contribution in [0.4, 0.5) is 0 Å². The Bertz CT molecular complexity index is 1300. The van der Waals surface area contributed by atoms with E-state index >= 15 is 0 Å². The number of methoxy groups -OCH3 is 3. The molecule has 2 aliphatic heterocycles. The van der Waals surface area contributed by atoms with Crippen LogP contribution in [0.15, 0.2) is 0 Å². The molecule has 2 N–H and O–H groups in total. The first-order chi connectivity index (χ1) is 26.7. The highest BCUT2D eigenvalue weighted by molar-refractivity contribution is 5.70. The summed E-state index contributed by atoms with van der Waals surface area (Å²) in [7, 11) is 7.64. The summed E-state index contributed by atoms with van der Waals surface area (Å²) in [6, 6.07) is -0.748. The molecule has 2 saturated heterocycles. The molecule has 0 aliphatic carbocycles. The quantitative estimate of drug-likeness (QED) is 0.0654. The summed E-state index contributed by atoms with van der Waals surface area (Å²) in [4.78, 5) is 62.9. The summed E-state index contributed by atoms with van der Waals surface area (Å²) in [6.07, 6.45) is -11.2. The van der Waals surface area contributed by atoms with Crippen molar-refractivity contribution in [3.63, 3.8) is 0 Å². The van der Waals surface area contributed by atoms with Crippen LogP contribution in [0.2, 0.25) is 0 Å². The molecule has 2 heterocycles. The van der Waals surface area contributed by atoms with E-state index in [-0.39, 0.29) is 43.7 Å². The third-order valence-corrected chi connectivity index (χ3v) is 11.0. The number of ether oxygens (including phenoxy) is 10. The largest absolute Gasteiger partial charge is 0.481 e. The lowest BCUT2D eigenvalue weighted by Crippen LogP contribution is -2.66. The predicted octanol–water partition coefficient (Wildman–Crippen LogP) is 2.48. The van der Waals surface area contributed by atoms with E-state index in [0.717, 1.165) is 0 Å². The summed E-state index contributed by atoms with van der Waals surface area (Å²) in [6.45, 7) is 13.2. The van der Waals surface area contributed by atoms with Gasteiger partial charge in [0.1, 0.15) is 17.8 Å². The molecular weight excluding hydrogens is 754 g/mol. The Morgan fingerprint density at radius 3 is 2.05 bits per heavy atom. The van der Waals surface area contributed by atoms with Crippen LogP contribution in [0.1, 0.15) is 87.5 Å². The minimum absolute atomic E-state index is 0.0632. The Morgan fingerprint density at radius 2 is 1.56 bits per heavy atom. The van der Waals surface area contributed by atoms with Gasteiger partial charge in [-0.3, -0.25) is 24.0 Å². The lowest BCUT2D eigenvalue weighted by molar-refractivity contribution is -0.342. The Hall–Kier alpha value is -2.81. The van der Waals surface area contributed by atoms with Gasteiger partial charge in [-0.25, -0.2) is 0 Å². The van der Waals surface area contributed by atoms with E-state index < -0.39 is 109 Å². The molecule has 0 radical (unpaired) electrons. The van der Waals surface area contributed by atoms with Crippen LogP contribution < -0.4 is 0 Å². The van der Waals surface area contributed by atoms with E-state index in [1.165, 1.54) is 35.2 Å². The average molecular weight is 822 g/mol. The molecule has 0 spiro atoms. The smallest absolute Gasteiger partial charge is 0.306 e. The van der Waals surface area contributed by atoms with Gasteiger partial charge in [0.15, 0.2) is 37.4 Å². The third-order valence-electron chi connectivity index (χ3n) is 11.0. The van der Waals surface area contributed by atoms with E-state index in [1.807, 2.05) is 20.8 Å². The van der Waals surface area contributed by atoms with Crippen LogP contribution in [0, 0.1) is 17.8 Å². The Kier molecular flexibility index (Phi) is 20.4. The molecule has 0 aromatic heterocycles. The number of aliphatic hydroxyl groups is 1. The lowest BCUT2D eigenvalue weighted by Gasteiger charge is -2.51. The Morgan fingerprint density at radius 1 is 0.930 bits per heavy atom. The molecule has 0 saturated carbocycles. The molecule has 2 fully saturated rings. The van der Waals surface area contributed by atoms with Crippen LogP contribution in [-0.2, 0) is 71.3 Å². The number of carbonyl (C=O) groups excluding carboxylic acids is 4. The first-order valence-electron chi connectivity index (χ1n) is 19.4. The van der Waals surface area contributed by atoms with Gasteiger partial charge in [0.2, 0.25) is 0 Å². The summed E-state index contributed by atoms with van der Waals surface area (Å²) in [5.41, 5.74) is -0.908. The number of aldehydes is 1. The maximum atomic E-state index is 12.8. The fourth-order valence-electron chi connectivity index (χ4n) is 7.74. The summed E-state index contributed by atoms with van der Waals surface area (Å²) in [5.74, 6) is -4.55. The standard InChI is InChI=1S/C39H67NO17/c1-14-30(47)57-39(8)18-32(51-22(4)21(39)3)55-34-23(5)52-38(37(54-25(7)43)33(34)40(9)10)56-35(36(50-13)27(44)17-29(45)46)26(16-31(48-11)49-12)15-20(2)28(19-41)53-24(6)42/h19-23,26-28,31-38,44H,14-18H2,1-13H3,(H,45,46)/t20-,21+,22?,23?,26-,27-,28+,32+,33?,34+,35+,36+,37?,38+,39?/m1/s1. The second kappa shape index (κ2) is 23.1. The number of aliphatic hydroxyl groups excluding tert-OH is 1. The molecule has 2 aliphatic rings. The molecule has 330 valence electrons. The van der Waals surface area contributed by atoms with Crippen molar-refractivity contribution in [2.24, 2.45) is 17.8 Å². The molecule has 18 nitrogen and oxygen atoms in total. The zero-order valence-electron chi connectivity index (χ0n) is 35.7. The summed E-state index contributed by atoms with van der Waals surface area (Å²) >= 11 is 0. The number of hydrogen-bond donors (Lipinski definition) is 2. The van der Waals surface area contributed by atoms with Gasteiger partial charge in [0.05, 0.1) is 36.9 Å². The third kappa shape index (κ3) is 14.2. The number of rotatable bonds is 23. The summed E-state index contributed by atoms with van der Waals surface area (Å²) in [5, 5.41) is 21.0. The molecule has 5 unspecified atom stereocenters. The van der Waals surface area contributed by atoms with Crippen LogP contribution in [0.5, 0.6) is 0 Å². The highest BCUT2D eigenvalue weighted by Crippen LogP contribution is 2.41. The molecule has 0 aromatic rings. The normalized spacial score (nSPS) is 31.1. The van der Waals surface area contributed by atoms with Crippen molar-refractivity contribution in [1.82, 2.24) is 4.90 Å². The average Bonchev–Trinajstić information content (AvgIpc) is 3.11. The highest BCUT2D eigenvalue weighted by Gasteiger charge is 2.54. The first kappa shape index (κ1) is 50.3. The van der Waals surface area contributed by atoms with Crippen LogP contribution >= 0.6 is 0 Å². The Labute approximate surface area is 336 Å². The number of aliphatic carboxylic acids is 1. The molecule has 15 atom stereocenters. The molecule has 0 aromatic carbocycles. The molecule has 2 rings (SSSR count). The maximum Gasteiger partial charge on any atom is 0.306 e. The predicted molar refractivity (Wildman–Crippen MR) is 200 cm³/mol. The number of carboxylic acids is 1. The van der Waals surface area contributed by atoms with E-state index in [2.05, 4.69) is 0 Å². The molecule has 0 amide bonds. The van der Waals surface area contributed by atoms with Crippen LogP contribution in [-0.4, -0.2) is 160 Å². The van der Waals surface area contributed by atoms with Gasteiger partial charge in [0, 0.05) is 66.3 Å². The van der Waals surface area contributed by atoms with Crippen LogP contribution in [0.25, 0.3) is 0 Å². The van der Waals surface area contributed by atoms with E-state index in [1.54, 1.807) is 39.8 Å². The van der Waals surface area contributed by atoms with Crippen LogP contribution in [0.3, 0.4) is 0 Å². The van der Waals surface area contributed by atoms with Crippen molar-refractivity contribution in [3.8, 4) is 0 Å². The fourth-order valence-corrected chi connectivity index (χ4v) is 7.74. The van der Waals surface area contributed by atoms with Crippen molar-refractivity contribution >= 4 is 30.2 Å². The van der Waals surface area contributed by atoms with Gasteiger partial charge in [-0.2, -0.15) is 0 Å². The highest BCUT2D eigenvalue weighted by atomic mass is 16.7. The number of carboxylic acid groups (broad SMARTS) is 1. The molecule has 18 heteroatoms. The summed E-state index contributed by atoms with van der Waals surface area (Å²) < 4.78 is 60.2. The van der Waals surface area contributed by atoms with Gasteiger partial charge in [-0.05, 0) is 47.2 Å². The van der Waals surface area contributed by atoms with Crippen molar-refractivity contribution < 1.29 is 81.6 Å². The van der Waals surface area contributed by atoms with E-state index in [4.69, 9.17) is 47.4 Å².